The zero-order chi connectivity index (χ0) is 14.2. The molecule has 1 aliphatic rings. The maximum atomic E-state index is 13.1. The minimum Gasteiger partial charge on any atom is -0.374 e. The first kappa shape index (κ1) is 14.2. The summed E-state index contributed by atoms with van der Waals surface area (Å²) in [6, 6.07) is 4.34. The molecule has 2 atom stereocenters. The lowest BCUT2D eigenvalue weighted by molar-refractivity contribution is -0.137. The summed E-state index contributed by atoms with van der Waals surface area (Å²) in [7, 11) is 1.72. The van der Waals surface area contributed by atoms with Gasteiger partial charge in [0, 0.05) is 25.8 Å². The Morgan fingerprint density at radius 2 is 2.00 bits per heavy atom. The number of hydrogen-bond donors (Lipinski definition) is 1. The van der Waals surface area contributed by atoms with Crippen molar-refractivity contribution in [2.75, 3.05) is 18.5 Å². The Morgan fingerprint density at radius 1 is 1.37 bits per heavy atom. The second-order valence-corrected chi connectivity index (χ2v) is 5.41. The maximum Gasteiger partial charge on any atom is 0.418 e. The minimum atomic E-state index is -4.34. The summed E-state index contributed by atoms with van der Waals surface area (Å²) < 4.78 is 39.3. The topological polar surface area (TPSA) is 29.3 Å². The molecule has 2 rings (SSSR count). The lowest BCUT2D eigenvalue weighted by Gasteiger charge is -2.24. The van der Waals surface area contributed by atoms with Crippen molar-refractivity contribution in [3.8, 4) is 0 Å². The molecule has 19 heavy (non-hydrogen) atoms. The van der Waals surface area contributed by atoms with Crippen LogP contribution in [-0.2, 0) is 12.7 Å². The molecular weight excluding hydrogens is 253 g/mol. The van der Waals surface area contributed by atoms with Crippen LogP contribution in [0.3, 0.4) is 0 Å². The van der Waals surface area contributed by atoms with Crippen molar-refractivity contribution >= 4 is 5.69 Å². The molecule has 2 unspecified atom stereocenters. The van der Waals surface area contributed by atoms with E-state index in [2.05, 4.69) is 6.92 Å². The van der Waals surface area contributed by atoms with Crippen molar-refractivity contribution in [3.63, 3.8) is 0 Å². The summed E-state index contributed by atoms with van der Waals surface area (Å²) in [5.74, 6) is 1.14. The molecule has 5 heteroatoms. The van der Waals surface area contributed by atoms with E-state index in [0.717, 1.165) is 12.5 Å². The van der Waals surface area contributed by atoms with Gasteiger partial charge in [0.05, 0.1) is 5.56 Å². The number of benzene rings is 1. The van der Waals surface area contributed by atoms with E-state index >= 15 is 0 Å². The SMILES string of the molecule is CC1CC1CN(C)c1ccc(CN)cc1C(F)(F)F. The van der Waals surface area contributed by atoms with Crippen LogP contribution in [0.5, 0.6) is 0 Å². The summed E-state index contributed by atoms with van der Waals surface area (Å²) in [4.78, 5) is 1.71. The van der Waals surface area contributed by atoms with Gasteiger partial charge in [-0.25, -0.2) is 0 Å². The minimum absolute atomic E-state index is 0.118. The van der Waals surface area contributed by atoms with Crippen LogP contribution in [0.2, 0.25) is 0 Å². The lowest BCUT2D eigenvalue weighted by atomic mass is 10.1. The molecule has 1 saturated carbocycles. The second kappa shape index (κ2) is 5.04. The number of halogens is 3. The van der Waals surface area contributed by atoms with Crippen molar-refractivity contribution < 1.29 is 13.2 Å². The van der Waals surface area contributed by atoms with Crippen molar-refractivity contribution in [1.82, 2.24) is 0 Å². The molecule has 0 amide bonds. The Morgan fingerprint density at radius 3 is 2.47 bits per heavy atom. The van der Waals surface area contributed by atoms with Crippen molar-refractivity contribution in [3.05, 3.63) is 29.3 Å². The van der Waals surface area contributed by atoms with Gasteiger partial charge >= 0.3 is 6.18 Å². The molecule has 1 aromatic rings. The third-order valence-electron chi connectivity index (χ3n) is 3.80. The Kier molecular flexibility index (Phi) is 3.76. The van der Waals surface area contributed by atoms with Gasteiger partial charge < -0.3 is 10.6 Å². The maximum absolute atomic E-state index is 13.1. The van der Waals surface area contributed by atoms with Gasteiger partial charge in [0.15, 0.2) is 0 Å². The van der Waals surface area contributed by atoms with Gasteiger partial charge in [0.1, 0.15) is 0 Å². The van der Waals surface area contributed by atoms with Crippen molar-refractivity contribution in [2.45, 2.75) is 26.1 Å². The molecule has 0 heterocycles. The van der Waals surface area contributed by atoms with Gasteiger partial charge in [-0.1, -0.05) is 13.0 Å². The van der Waals surface area contributed by atoms with E-state index in [9.17, 15) is 13.2 Å². The largest absolute Gasteiger partial charge is 0.418 e. The molecule has 1 fully saturated rings. The van der Waals surface area contributed by atoms with E-state index in [1.165, 1.54) is 6.07 Å². The fourth-order valence-corrected chi connectivity index (χ4v) is 2.37. The first-order chi connectivity index (χ1) is 8.82. The molecule has 0 bridgehead atoms. The lowest BCUT2D eigenvalue weighted by Crippen LogP contribution is -2.24. The van der Waals surface area contributed by atoms with Crippen molar-refractivity contribution in [2.24, 2.45) is 17.6 Å². The van der Waals surface area contributed by atoms with Crippen LogP contribution in [0.25, 0.3) is 0 Å². The quantitative estimate of drug-likeness (QED) is 0.911. The van der Waals surface area contributed by atoms with Gasteiger partial charge in [0.25, 0.3) is 0 Å². The molecule has 2 nitrogen and oxygen atoms in total. The third-order valence-corrected chi connectivity index (χ3v) is 3.80. The average molecular weight is 272 g/mol. The summed E-state index contributed by atoms with van der Waals surface area (Å²) in [6.45, 7) is 2.92. The van der Waals surface area contributed by atoms with Crippen LogP contribution < -0.4 is 10.6 Å². The normalized spacial score (nSPS) is 22.4. The second-order valence-electron chi connectivity index (χ2n) is 5.41. The monoisotopic (exact) mass is 272 g/mol. The van der Waals surface area contributed by atoms with Crippen LogP contribution in [-0.4, -0.2) is 13.6 Å². The molecule has 106 valence electrons. The van der Waals surface area contributed by atoms with E-state index in [1.807, 2.05) is 0 Å². The highest BCUT2D eigenvalue weighted by atomic mass is 19.4. The Labute approximate surface area is 111 Å². The standard InChI is InChI=1S/C14H19F3N2/c1-9-5-11(9)8-19(2)13-4-3-10(7-18)6-12(13)14(15,16)17/h3-4,6,9,11H,5,7-8,18H2,1-2H3. The smallest absolute Gasteiger partial charge is 0.374 e. The summed E-state index contributed by atoms with van der Waals surface area (Å²) >= 11 is 0. The zero-order valence-electron chi connectivity index (χ0n) is 11.2. The molecule has 0 radical (unpaired) electrons. The van der Waals surface area contributed by atoms with E-state index in [4.69, 9.17) is 5.73 Å². The highest BCUT2D eigenvalue weighted by Gasteiger charge is 2.37. The van der Waals surface area contributed by atoms with Crippen LogP contribution in [0.1, 0.15) is 24.5 Å². The predicted molar refractivity (Wildman–Crippen MR) is 69.9 cm³/mol. The Balaban J connectivity index is 2.27. The van der Waals surface area contributed by atoms with Crippen LogP contribution in [0.4, 0.5) is 18.9 Å². The fraction of sp³-hybridized carbons (Fsp3) is 0.571. The predicted octanol–water partition coefficient (Wildman–Crippen LogP) is 3.26. The highest BCUT2D eigenvalue weighted by molar-refractivity contribution is 5.56. The molecule has 0 saturated heterocycles. The van der Waals surface area contributed by atoms with Crippen molar-refractivity contribution in [1.29, 1.82) is 0 Å². The Bertz CT molecular complexity index is 456. The molecule has 0 aliphatic heterocycles. The van der Waals surface area contributed by atoms with Crippen LogP contribution >= 0.6 is 0 Å². The number of anilines is 1. The number of rotatable bonds is 4. The molecular formula is C14H19F3N2. The number of nitrogens with two attached hydrogens (primary N) is 1. The average Bonchev–Trinajstić information content (AvgIpc) is 3.02. The number of nitrogens with zero attached hydrogens (tertiary/aromatic N) is 1. The fourth-order valence-electron chi connectivity index (χ4n) is 2.37. The van der Waals surface area contributed by atoms with Gasteiger partial charge in [-0.2, -0.15) is 13.2 Å². The highest BCUT2D eigenvalue weighted by Crippen LogP contribution is 2.41. The van der Waals surface area contributed by atoms with Gasteiger partial charge in [-0.3, -0.25) is 0 Å². The number of alkyl halides is 3. The van der Waals surface area contributed by atoms with Gasteiger partial charge in [-0.15, -0.1) is 0 Å². The van der Waals surface area contributed by atoms with E-state index in [-0.39, 0.29) is 12.2 Å². The van der Waals surface area contributed by atoms with Gasteiger partial charge in [0.2, 0.25) is 0 Å². The zero-order valence-corrected chi connectivity index (χ0v) is 11.2. The first-order valence-corrected chi connectivity index (χ1v) is 6.44. The van der Waals surface area contributed by atoms with Crippen LogP contribution in [0, 0.1) is 11.8 Å². The summed E-state index contributed by atoms with van der Waals surface area (Å²) in [5.41, 5.74) is 5.57. The number of hydrogen-bond acceptors (Lipinski definition) is 2. The molecule has 2 N–H and O–H groups in total. The van der Waals surface area contributed by atoms with E-state index < -0.39 is 11.7 Å². The van der Waals surface area contributed by atoms with E-state index in [1.54, 1.807) is 18.0 Å². The molecule has 1 aliphatic carbocycles. The molecule has 0 aromatic heterocycles. The van der Waals surface area contributed by atoms with E-state index in [0.29, 0.717) is 23.9 Å². The third kappa shape index (κ3) is 3.21. The molecule has 1 aromatic carbocycles. The first-order valence-electron chi connectivity index (χ1n) is 6.44. The van der Waals surface area contributed by atoms with Gasteiger partial charge in [-0.05, 0) is 36.0 Å². The summed E-state index contributed by atoms with van der Waals surface area (Å²) in [5, 5.41) is 0. The Hall–Kier alpha value is -1.23. The van der Waals surface area contributed by atoms with Crippen LogP contribution in [0.15, 0.2) is 18.2 Å². The summed E-state index contributed by atoms with van der Waals surface area (Å²) in [6.07, 6.45) is -3.24. The molecule has 0 spiro atoms.